The largest absolute Gasteiger partial charge is 0.465 e. The monoisotopic (exact) mass is 380 g/mol. The van der Waals surface area contributed by atoms with E-state index in [0.717, 1.165) is 24.2 Å². The minimum absolute atomic E-state index is 0.0177. The van der Waals surface area contributed by atoms with Gasteiger partial charge >= 0.3 is 5.97 Å². The summed E-state index contributed by atoms with van der Waals surface area (Å²) in [5.41, 5.74) is 0.506. The zero-order chi connectivity index (χ0) is 18.0. The molecule has 2 N–H and O–H groups in total. The van der Waals surface area contributed by atoms with E-state index in [2.05, 4.69) is 14.8 Å². The van der Waals surface area contributed by atoms with Crippen molar-refractivity contribution in [2.45, 2.75) is 23.8 Å². The summed E-state index contributed by atoms with van der Waals surface area (Å²) in [5.74, 6) is -1.05. The predicted molar refractivity (Wildman–Crippen MR) is 93.4 cm³/mol. The fourth-order valence-corrected chi connectivity index (χ4v) is 4.26. The summed E-state index contributed by atoms with van der Waals surface area (Å²) >= 11 is 1.15. The molecule has 0 unspecified atom stereocenters. The second-order valence-electron chi connectivity index (χ2n) is 5.53. The van der Waals surface area contributed by atoms with Crippen molar-refractivity contribution in [1.82, 2.24) is 4.72 Å². The van der Waals surface area contributed by atoms with Gasteiger partial charge in [0.1, 0.15) is 4.88 Å². The molecule has 0 spiro atoms. The number of thiophene rings is 1. The number of anilines is 1. The van der Waals surface area contributed by atoms with Crippen molar-refractivity contribution in [2.24, 2.45) is 0 Å². The van der Waals surface area contributed by atoms with E-state index in [1.165, 1.54) is 31.4 Å². The number of amides is 1. The van der Waals surface area contributed by atoms with Crippen molar-refractivity contribution in [3.8, 4) is 0 Å². The lowest BCUT2D eigenvalue weighted by molar-refractivity contribution is 0.0607. The van der Waals surface area contributed by atoms with Crippen LogP contribution in [0.4, 0.5) is 5.69 Å². The molecule has 2 aromatic rings. The molecule has 0 bridgehead atoms. The van der Waals surface area contributed by atoms with Crippen molar-refractivity contribution in [2.75, 3.05) is 12.4 Å². The Morgan fingerprint density at radius 3 is 2.68 bits per heavy atom. The third-order valence-electron chi connectivity index (χ3n) is 3.59. The molecule has 0 saturated heterocycles. The van der Waals surface area contributed by atoms with Crippen molar-refractivity contribution in [1.29, 1.82) is 0 Å². The first kappa shape index (κ1) is 17.6. The molecule has 0 radical (unpaired) electrons. The number of sulfonamides is 1. The fourth-order valence-electron chi connectivity index (χ4n) is 2.15. The predicted octanol–water partition coefficient (Wildman–Crippen LogP) is 2.23. The van der Waals surface area contributed by atoms with Crippen LogP contribution in [0.2, 0.25) is 0 Å². The van der Waals surface area contributed by atoms with Crippen LogP contribution >= 0.6 is 11.3 Å². The molecule has 1 amide bonds. The third kappa shape index (κ3) is 4.06. The Labute approximate surface area is 149 Å². The van der Waals surface area contributed by atoms with Crippen LogP contribution in [-0.4, -0.2) is 33.4 Å². The first-order chi connectivity index (χ1) is 11.9. The molecule has 1 aliphatic carbocycles. The van der Waals surface area contributed by atoms with Gasteiger partial charge < -0.3 is 10.1 Å². The lowest BCUT2D eigenvalue weighted by Crippen LogP contribution is -2.26. The van der Waals surface area contributed by atoms with Crippen LogP contribution in [0, 0.1) is 0 Å². The molecule has 0 aliphatic heterocycles. The lowest BCUT2D eigenvalue weighted by atomic mass is 10.2. The van der Waals surface area contributed by atoms with Crippen LogP contribution in [0.5, 0.6) is 0 Å². The molecular formula is C16H16N2O5S2. The summed E-state index contributed by atoms with van der Waals surface area (Å²) < 4.78 is 31.7. The van der Waals surface area contributed by atoms with Gasteiger partial charge in [-0.2, -0.15) is 0 Å². The molecule has 1 aromatic heterocycles. The highest BCUT2D eigenvalue weighted by atomic mass is 32.2. The van der Waals surface area contributed by atoms with Gasteiger partial charge in [0.25, 0.3) is 5.91 Å². The number of hydrogen-bond acceptors (Lipinski definition) is 6. The fraction of sp³-hybridized carbons (Fsp3) is 0.250. The first-order valence-electron chi connectivity index (χ1n) is 7.50. The van der Waals surface area contributed by atoms with Crippen molar-refractivity contribution in [3.05, 3.63) is 46.2 Å². The Kier molecular flexibility index (Phi) is 4.89. The van der Waals surface area contributed by atoms with Gasteiger partial charge in [-0.3, -0.25) is 4.79 Å². The van der Waals surface area contributed by atoms with Gasteiger partial charge in [0.15, 0.2) is 0 Å². The van der Waals surface area contributed by atoms with Crippen molar-refractivity contribution >= 4 is 38.9 Å². The zero-order valence-corrected chi connectivity index (χ0v) is 14.9. The van der Waals surface area contributed by atoms with Crippen LogP contribution in [0.3, 0.4) is 0 Å². The number of hydrogen-bond donors (Lipinski definition) is 2. The van der Waals surface area contributed by atoms with E-state index < -0.39 is 21.9 Å². The highest BCUT2D eigenvalue weighted by Crippen LogP contribution is 2.25. The number of methoxy groups -OCH3 is 1. The molecule has 3 rings (SSSR count). The smallest absolute Gasteiger partial charge is 0.350 e. The highest BCUT2D eigenvalue weighted by Gasteiger charge is 2.28. The Bertz CT molecular complexity index is 916. The van der Waals surface area contributed by atoms with E-state index in [9.17, 15) is 18.0 Å². The van der Waals surface area contributed by atoms with Crippen LogP contribution in [0.1, 0.15) is 32.9 Å². The van der Waals surface area contributed by atoms with E-state index in [4.69, 9.17) is 0 Å². The molecule has 1 saturated carbocycles. The molecule has 25 heavy (non-hydrogen) atoms. The zero-order valence-electron chi connectivity index (χ0n) is 13.3. The van der Waals surface area contributed by atoms with Gasteiger partial charge in [-0.1, -0.05) is 6.07 Å². The molecule has 1 heterocycles. The Morgan fingerprint density at radius 1 is 1.24 bits per heavy atom. The number of esters is 1. The van der Waals surface area contributed by atoms with E-state index >= 15 is 0 Å². The highest BCUT2D eigenvalue weighted by molar-refractivity contribution is 7.89. The van der Waals surface area contributed by atoms with E-state index in [1.807, 2.05) is 0 Å². The van der Waals surface area contributed by atoms with Gasteiger partial charge in [-0.15, -0.1) is 11.3 Å². The van der Waals surface area contributed by atoms with Gasteiger partial charge in [0.2, 0.25) is 10.0 Å². The number of nitrogens with one attached hydrogen (secondary N) is 2. The van der Waals surface area contributed by atoms with Crippen molar-refractivity contribution in [3.63, 3.8) is 0 Å². The maximum atomic E-state index is 12.4. The Hall–Kier alpha value is -2.23. The van der Waals surface area contributed by atoms with Crippen molar-refractivity contribution < 1.29 is 22.7 Å². The second kappa shape index (κ2) is 6.95. The summed E-state index contributed by atoms with van der Waals surface area (Å²) in [6, 6.07) is 7.33. The number of benzene rings is 1. The molecule has 0 atom stereocenters. The summed E-state index contributed by atoms with van der Waals surface area (Å²) in [4.78, 5) is 24.4. The minimum Gasteiger partial charge on any atom is -0.465 e. The number of carbonyl (C=O) groups is 2. The third-order valence-corrected chi connectivity index (χ3v) is 6.00. The van der Waals surface area contributed by atoms with Gasteiger partial charge in [0.05, 0.1) is 17.7 Å². The SMILES string of the molecule is COC(=O)c1sccc1NC(=O)c1cccc(S(=O)(=O)NC2CC2)c1. The number of ether oxygens (including phenoxy) is 1. The molecule has 7 nitrogen and oxygen atoms in total. The molecule has 1 aromatic carbocycles. The van der Waals surface area contributed by atoms with Crippen LogP contribution < -0.4 is 10.0 Å². The average molecular weight is 380 g/mol. The van der Waals surface area contributed by atoms with Gasteiger partial charge in [-0.05, 0) is 42.5 Å². The van der Waals surface area contributed by atoms with E-state index in [-0.39, 0.29) is 21.4 Å². The molecular weight excluding hydrogens is 364 g/mol. The van der Waals surface area contributed by atoms with Crippen LogP contribution in [-0.2, 0) is 14.8 Å². The topological polar surface area (TPSA) is 102 Å². The summed E-state index contributed by atoms with van der Waals surface area (Å²) in [7, 11) is -2.38. The quantitative estimate of drug-likeness (QED) is 0.749. The second-order valence-corrected chi connectivity index (χ2v) is 8.16. The van der Waals surface area contributed by atoms with E-state index in [0.29, 0.717) is 5.69 Å². The van der Waals surface area contributed by atoms with Crippen LogP contribution in [0.15, 0.2) is 40.6 Å². The van der Waals surface area contributed by atoms with E-state index in [1.54, 1.807) is 11.4 Å². The summed E-state index contributed by atoms with van der Waals surface area (Å²) in [5, 5.41) is 4.26. The Balaban J connectivity index is 1.80. The normalized spacial score (nSPS) is 14.1. The molecule has 1 fully saturated rings. The lowest BCUT2D eigenvalue weighted by Gasteiger charge is -2.08. The van der Waals surface area contributed by atoms with Crippen LogP contribution in [0.25, 0.3) is 0 Å². The van der Waals surface area contributed by atoms with Gasteiger partial charge in [0, 0.05) is 11.6 Å². The maximum Gasteiger partial charge on any atom is 0.350 e. The summed E-state index contributed by atoms with van der Waals surface area (Å²) in [6.45, 7) is 0. The minimum atomic E-state index is -3.64. The van der Waals surface area contributed by atoms with Gasteiger partial charge in [-0.25, -0.2) is 17.9 Å². The molecule has 9 heteroatoms. The first-order valence-corrected chi connectivity index (χ1v) is 9.86. The number of rotatable bonds is 6. The number of carbonyl (C=O) groups excluding carboxylic acids is 2. The molecule has 132 valence electrons. The standard InChI is InChI=1S/C16H16N2O5S2/c1-23-16(20)14-13(7-8-24-14)17-15(19)10-3-2-4-12(9-10)25(21,22)18-11-5-6-11/h2-4,7-9,11,18H,5-6H2,1H3,(H,17,19). The average Bonchev–Trinajstić information content (AvgIpc) is 3.28. The summed E-state index contributed by atoms with van der Waals surface area (Å²) in [6.07, 6.45) is 1.65. The maximum absolute atomic E-state index is 12.4. The Morgan fingerprint density at radius 2 is 2.00 bits per heavy atom. The molecule has 1 aliphatic rings.